The predicted octanol–water partition coefficient (Wildman–Crippen LogP) is 9.24. The summed E-state index contributed by atoms with van der Waals surface area (Å²) >= 11 is 60.5. The summed E-state index contributed by atoms with van der Waals surface area (Å²) in [6, 6.07) is 0. The molecule has 0 saturated carbocycles. The fourth-order valence-electron chi connectivity index (χ4n) is 1.73. The lowest BCUT2D eigenvalue weighted by atomic mass is 10.1. The highest BCUT2D eigenvalue weighted by Gasteiger charge is 2.34. The van der Waals surface area contributed by atoms with E-state index in [0.717, 1.165) is 0 Å². The van der Waals surface area contributed by atoms with E-state index in [1.807, 2.05) is 0 Å². The summed E-state index contributed by atoms with van der Waals surface area (Å²) in [4.78, 5) is 0. The maximum Gasteiger partial charge on any atom is 0.218 e. The molecule has 0 heterocycles. The van der Waals surface area contributed by atoms with Crippen LogP contribution in [0.5, 0.6) is 0 Å². The molecule has 0 fully saturated rings. The van der Waals surface area contributed by atoms with Gasteiger partial charge in [-0.2, -0.15) is 0 Å². The number of rotatable bonds is 0. The van der Waals surface area contributed by atoms with Crippen molar-refractivity contribution in [3.63, 3.8) is 0 Å². The van der Waals surface area contributed by atoms with Crippen molar-refractivity contribution >= 4 is 127 Å². The molecule has 0 aliphatic rings. The third-order valence-corrected chi connectivity index (χ3v) is 6.22. The molecule has 114 valence electrons. The summed E-state index contributed by atoms with van der Waals surface area (Å²) < 4.78 is -1.92. The minimum absolute atomic E-state index is 0.00265. The van der Waals surface area contributed by atoms with Gasteiger partial charge < -0.3 is 0 Å². The van der Waals surface area contributed by atoms with Crippen molar-refractivity contribution in [1.29, 1.82) is 0 Å². The van der Waals surface area contributed by atoms with E-state index in [2.05, 4.69) is 0 Å². The fourth-order valence-corrected chi connectivity index (χ4v) is 4.82. The van der Waals surface area contributed by atoms with Crippen molar-refractivity contribution in [2.45, 2.75) is 3.79 Å². The van der Waals surface area contributed by atoms with Crippen LogP contribution in [-0.2, 0) is 3.79 Å². The third-order valence-electron chi connectivity index (χ3n) is 2.62. The SMILES string of the molecule is Clc1c(Cl)c(Cl)c2c(Cl)c(C(Cl)(Cl)Cl)c(Cl)c(Cl)c2c1Cl. The Bertz CT molecular complexity index is 759. The van der Waals surface area contributed by atoms with Crippen LogP contribution in [0.25, 0.3) is 10.8 Å². The normalized spacial score (nSPS) is 12.3. The van der Waals surface area contributed by atoms with Gasteiger partial charge in [-0.25, -0.2) is 0 Å². The molecule has 0 aromatic heterocycles. The number of hydrogen-bond acceptors (Lipinski definition) is 0. The largest absolute Gasteiger partial charge is 0.218 e. The van der Waals surface area contributed by atoms with E-state index >= 15 is 0 Å². The van der Waals surface area contributed by atoms with Gasteiger partial charge in [0.15, 0.2) is 0 Å². The van der Waals surface area contributed by atoms with Crippen LogP contribution in [-0.4, -0.2) is 0 Å². The summed E-state index contributed by atoms with van der Waals surface area (Å²) in [6.45, 7) is 0. The number of hydrogen-bond donors (Lipinski definition) is 0. The molecule has 2 aromatic carbocycles. The van der Waals surface area contributed by atoms with Gasteiger partial charge in [-0.1, -0.05) is 116 Å². The smallest absolute Gasteiger partial charge is 0.0831 e. The van der Waals surface area contributed by atoms with Crippen LogP contribution in [0, 0.1) is 0 Å². The Morgan fingerprint density at radius 3 is 1.14 bits per heavy atom. The lowest BCUT2D eigenvalue weighted by molar-refractivity contribution is 1.25. The number of fused-ring (bicyclic) bond motifs is 1. The Morgan fingerprint density at radius 2 is 0.762 bits per heavy atom. The van der Waals surface area contributed by atoms with E-state index in [4.69, 9.17) is 116 Å². The number of halogens is 10. The van der Waals surface area contributed by atoms with E-state index in [1.165, 1.54) is 0 Å². The van der Waals surface area contributed by atoms with Crippen molar-refractivity contribution in [3.8, 4) is 0 Å². The zero-order valence-corrected chi connectivity index (χ0v) is 16.8. The predicted molar refractivity (Wildman–Crippen MR) is 98.3 cm³/mol. The van der Waals surface area contributed by atoms with Crippen LogP contribution in [0.4, 0.5) is 0 Å². The molecule has 2 rings (SSSR count). The van der Waals surface area contributed by atoms with Crippen molar-refractivity contribution in [2.75, 3.05) is 0 Å². The van der Waals surface area contributed by atoms with Gasteiger partial charge in [0.1, 0.15) is 0 Å². The van der Waals surface area contributed by atoms with Gasteiger partial charge in [-0.05, 0) is 0 Å². The maximum absolute atomic E-state index is 6.26. The first-order chi connectivity index (χ1) is 9.50. The molecule has 0 atom stereocenters. The second-order valence-corrected chi connectivity index (χ2v) is 8.75. The first-order valence-corrected chi connectivity index (χ1v) is 8.67. The Morgan fingerprint density at radius 1 is 0.429 bits per heavy atom. The van der Waals surface area contributed by atoms with Gasteiger partial charge in [0.2, 0.25) is 3.79 Å². The third kappa shape index (κ3) is 3.12. The fraction of sp³-hybridized carbons (Fsp3) is 0.0909. The second-order valence-electron chi connectivity index (χ2n) is 3.82. The van der Waals surface area contributed by atoms with E-state index in [0.29, 0.717) is 0 Å². The van der Waals surface area contributed by atoms with Crippen LogP contribution in [0.3, 0.4) is 0 Å². The Kier molecular flexibility index (Phi) is 5.85. The van der Waals surface area contributed by atoms with Crippen molar-refractivity contribution < 1.29 is 0 Å². The molecule has 0 amide bonds. The Hall–Kier alpha value is 1.60. The standard InChI is InChI=1S/C11Cl10/c12-4-1-2(7(15)10(18)9(17)6(1)14)5(13)8(16)3(4)11(19,20)21. The van der Waals surface area contributed by atoms with Crippen LogP contribution in [0.15, 0.2) is 0 Å². The molecule has 0 unspecified atom stereocenters. The summed E-state index contributed by atoms with van der Waals surface area (Å²) in [5, 5.41) is 0.446. The van der Waals surface area contributed by atoms with Crippen molar-refractivity contribution in [1.82, 2.24) is 0 Å². The number of alkyl halides is 3. The average molecular weight is 487 g/mol. The van der Waals surface area contributed by atoms with Gasteiger partial charge in [-0.15, -0.1) is 0 Å². The van der Waals surface area contributed by atoms with Crippen molar-refractivity contribution in [3.05, 3.63) is 40.7 Å². The van der Waals surface area contributed by atoms with Crippen LogP contribution in [0.2, 0.25) is 35.2 Å². The lowest BCUT2D eigenvalue weighted by Crippen LogP contribution is -2.04. The molecule has 0 spiro atoms. The highest BCUT2D eigenvalue weighted by atomic mass is 35.6. The maximum atomic E-state index is 6.26. The Balaban J connectivity index is 3.19. The molecule has 0 N–H and O–H groups in total. The van der Waals surface area contributed by atoms with Crippen LogP contribution in [0.1, 0.15) is 5.56 Å². The van der Waals surface area contributed by atoms with E-state index < -0.39 is 3.79 Å². The first-order valence-electron chi connectivity index (χ1n) is 4.89. The molecule has 0 aliphatic heterocycles. The highest BCUT2D eigenvalue weighted by Crippen LogP contribution is 2.55. The van der Waals surface area contributed by atoms with Gasteiger partial charge in [0.25, 0.3) is 0 Å². The van der Waals surface area contributed by atoms with E-state index in [1.54, 1.807) is 0 Å². The minimum Gasteiger partial charge on any atom is -0.0831 e. The van der Waals surface area contributed by atoms with Gasteiger partial charge >= 0.3 is 0 Å². The molecule has 0 radical (unpaired) electrons. The van der Waals surface area contributed by atoms with Crippen LogP contribution >= 0.6 is 116 Å². The summed E-state index contributed by atoms with van der Waals surface area (Å²) in [5.41, 5.74) is -0.0234. The number of benzene rings is 2. The molecule has 2 aromatic rings. The molecule has 0 aliphatic carbocycles. The molecule has 0 bridgehead atoms. The quantitative estimate of drug-likeness (QED) is 0.198. The average Bonchev–Trinajstić information content (AvgIpc) is 2.36. The summed E-state index contributed by atoms with van der Waals surface area (Å²) in [6.07, 6.45) is 0. The lowest BCUT2D eigenvalue weighted by Gasteiger charge is -2.20. The van der Waals surface area contributed by atoms with Crippen molar-refractivity contribution in [2.24, 2.45) is 0 Å². The molecule has 10 heteroatoms. The molecule has 0 saturated heterocycles. The van der Waals surface area contributed by atoms with E-state index in [9.17, 15) is 0 Å². The van der Waals surface area contributed by atoms with Gasteiger partial charge in [0, 0.05) is 16.3 Å². The molecule has 0 nitrogen and oxygen atoms in total. The zero-order chi connectivity index (χ0) is 16.3. The zero-order valence-electron chi connectivity index (χ0n) is 9.28. The van der Waals surface area contributed by atoms with Gasteiger partial charge in [-0.3, -0.25) is 0 Å². The van der Waals surface area contributed by atoms with E-state index in [-0.39, 0.29) is 51.5 Å². The molecular formula is C11Cl10. The molecule has 21 heavy (non-hydrogen) atoms. The topological polar surface area (TPSA) is 0 Å². The second kappa shape index (κ2) is 6.48. The monoisotopic (exact) mass is 482 g/mol. The Labute approximate surface area is 170 Å². The summed E-state index contributed by atoms with van der Waals surface area (Å²) in [7, 11) is 0. The molecular weight excluding hydrogens is 487 g/mol. The van der Waals surface area contributed by atoms with Gasteiger partial charge in [0.05, 0.1) is 35.2 Å². The summed E-state index contributed by atoms with van der Waals surface area (Å²) in [5.74, 6) is 0. The first kappa shape index (κ1) is 18.9. The minimum atomic E-state index is -1.92. The van der Waals surface area contributed by atoms with Crippen LogP contribution < -0.4 is 0 Å². The highest BCUT2D eigenvalue weighted by molar-refractivity contribution is 6.69.